The molecule has 59 heavy (non-hydrogen) atoms. The molecule has 0 atom stereocenters. The number of benzene rings is 11. The third-order valence-electron chi connectivity index (χ3n) is 11.8. The number of hydrogen-bond acceptors (Lipinski definition) is 1. The number of hydrogen-bond donors (Lipinski definition) is 0. The van der Waals surface area contributed by atoms with Gasteiger partial charge in [-0.05, 0) is 130 Å². The fraction of sp³-hybridized carbons (Fsp3) is 0. The van der Waals surface area contributed by atoms with Crippen LogP contribution in [0, 0.1) is 0 Å². The highest BCUT2D eigenvalue weighted by atomic mass is 15.1. The van der Waals surface area contributed by atoms with Crippen LogP contribution < -0.4 is 4.90 Å². The van der Waals surface area contributed by atoms with Crippen LogP contribution in [0.15, 0.2) is 237 Å². The third-order valence-corrected chi connectivity index (χ3v) is 11.8. The first-order chi connectivity index (χ1) is 29.3. The van der Waals surface area contributed by atoms with Crippen molar-refractivity contribution in [2.45, 2.75) is 0 Å². The summed E-state index contributed by atoms with van der Waals surface area (Å²) in [7, 11) is 0. The van der Waals surface area contributed by atoms with Crippen molar-refractivity contribution in [1.82, 2.24) is 0 Å². The van der Waals surface area contributed by atoms with Gasteiger partial charge in [0.25, 0.3) is 0 Å². The molecule has 0 bridgehead atoms. The molecule has 0 fully saturated rings. The van der Waals surface area contributed by atoms with Crippen LogP contribution in [0.25, 0.3) is 87.6 Å². The maximum atomic E-state index is 2.41. The minimum absolute atomic E-state index is 1.09. The maximum Gasteiger partial charge on any atom is 0.0468 e. The fourth-order valence-corrected chi connectivity index (χ4v) is 9.03. The van der Waals surface area contributed by atoms with Gasteiger partial charge in [0.15, 0.2) is 0 Å². The summed E-state index contributed by atoms with van der Waals surface area (Å²) in [6.45, 7) is 0. The Morgan fingerprint density at radius 3 is 1.54 bits per heavy atom. The van der Waals surface area contributed by atoms with E-state index in [4.69, 9.17) is 0 Å². The van der Waals surface area contributed by atoms with E-state index in [1.165, 1.54) is 87.6 Å². The highest BCUT2D eigenvalue weighted by molar-refractivity contribution is 6.23. The van der Waals surface area contributed by atoms with Gasteiger partial charge in [-0.25, -0.2) is 0 Å². The summed E-state index contributed by atoms with van der Waals surface area (Å²) in [6, 6.07) is 86.3. The molecule has 11 aromatic carbocycles. The normalized spacial score (nSPS) is 11.4. The van der Waals surface area contributed by atoms with Crippen molar-refractivity contribution in [3.05, 3.63) is 237 Å². The van der Waals surface area contributed by atoms with Crippen LogP contribution >= 0.6 is 0 Å². The van der Waals surface area contributed by atoms with Crippen molar-refractivity contribution in [3.8, 4) is 44.5 Å². The van der Waals surface area contributed by atoms with Crippen LogP contribution in [-0.2, 0) is 0 Å². The molecular weight excluding hydrogens is 711 g/mol. The largest absolute Gasteiger partial charge is 0.310 e. The highest BCUT2D eigenvalue weighted by Crippen LogP contribution is 2.45. The lowest BCUT2D eigenvalue weighted by atomic mass is 9.90. The first-order valence-electron chi connectivity index (χ1n) is 20.3. The molecule has 0 amide bonds. The Balaban J connectivity index is 1.12. The molecule has 11 aromatic rings. The van der Waals surface area contributed by atoms with Crippen molar-refractivity contribution in [2.75, 3.05) is 4.90 Å². The van der Waals surface area contributed by atoms with Crippen LogP contribution in [-0.4, -0.2) is 0 Å². The second kappa shape index (κ2) is 14.6. The predicted octanol–water partition coefficient (Wildman–Crippen LogP) is 16.4. The molecule has 0 saturated heterocycles. The van der Waals surface area contributed by atoms with Crippen molar-refractivity contribution >= 4 is 60.2 Å². The summed E-state index contributed by atoms with van der Waals surface area (Å²) in [6.07, 6.45) is 0. The second-order valence-electron chi connectivity index (χ2n) is 15.3. The van der Waals surface area contributed by atoms with Crippen LogP contribution in [0.4, 0.5) is 17.1 Å². The maximum absolute atomic E-state index is 2.41. The molecule has 0 aliphatic heterocycles. The van der Waals surface area contributed by atoms with Gasteiger partial charge in [-0.15, -0.1) is 0 Å². The third kappa shape index (κ3) is 6.21. The Bertz CT molecular complexity index is 3310. The van der Waals surface area contributed by atoms with Crippen LogP contribution in [0.1, 0.15) is 0 Å². The van der Waals surface area contributed by atoms with E-state index in [0.717, 1.165) is 17.1 Å². The lowest BCUT2D eigenvalue weighted by molar-refractivity contribution is 1.28. The average Bonchev–Trinajstić information content (AvgIpc) is 3.32. The molecule has 0 aliphatic carbocycles. The van der Waals surface area contributed by atoms with Crippen molar-refractivity contribution in [1.29, 1.82) is 0 Å². The zero-order chi connectivity index (χ0) is 39.1. The zero-order valence-electron chi connectivity index (χ0n) is 32.5. The second-order valence-corrected chi connectivity index (χ2v) is 15.3. The molecular formula is C58H39N. The summed E-state index contributed by atoms with van der Waals surface area (Å²) in [5, 5.41) is 10.1. The quantitative estimate of drug-likeness (QED) is 0.147. The fourth-order valence-electron chi connectivity index (χ4n) is 9.03. The molecule has 0 spiro atoms. The van der Waals surface area contributed by atoms with Gasteiger partial charge in [-0.2, -0.15) is 0 Å². The van der Waals surface area contributed by atoms with Gasteiger partial charge < -0.3 is 4.90 Å². The van der Waals surface area contributed by atoms with Gasteiger partial charge in [0.1, 0.15) is 0 Å². The van der Waals surface area contributed by atoms with E-state index in [1.54, 1.807) is 0 Å². The summed E-state index contributed by atoms with van der Waals surface area (Å²) in [5.41, 5.74) is 12.9. The van der Waals surface area contributed by atoms with Gasteiger partial charge in [0, 0.05) is 17.1 Å². The van der Waals surface area contributed by atoms with Crippen LogP contribution in [0.5, 0.6) is 0 Å². The Morgan fingerprint density at radius 2 is 0.763 bits per heavy atom. The summed E-state index contributed by atoms with van der Waals surface area (Å²) < 4.78 is 0. The molecule has 0 saturated carbocycles. The Morgan fingerprint density at radius 1 is 0.220 bits per heavy atom. The average molecular weight is 750 g/mol. The van der Waals surface area contributed by atoms with Gasteiger partial charge in [-0.3, -0.25) is 0 Å². The molecule has 1 nitrogen and oxygen atoms in total. The molecule has 0 unspecified atom stereocenters. The zero-order valence-corrected chi connectivity index (χ0v) is 32.5. The molecule has 0 radical (unpaired) electrons. The molecule has 11 rings (SSSR count). The van der Waals surface area contributed by atoms with E-state index in [-0.39, 0.29) is 0 Å². The van der Waals surface area contributed by atoms with E-state index >= 15 is 0 Å². The minimum Gasteiger partial charge on any atom is -0.310 e. The number of rotatable bonds is 7. The summed E-state index contributed by atoms with van der Waals surface area (Å²) in [4.78, 5) is 2.41. The predicted molar refractivity (Wildman–Crippen MR) is 253 cm³/mol. The molecule has 0 aromatic heterocycles. The molecule has 276 valence electrons. The van der Waals surface area contributed by atoms with E-state index < -0.39 is 0 Å². The van der Waals surface area contributed by atoms with E-state index in [2.05, 4.69) is 241 Å². The topological polar surface area (TPSA) is 3.24 Å². The van der Waals surface area contributed by atoms with Crippen LogP contribution in [0.3, 0.4) is 0 Å². The standard InChI is InChI=1S/C58H39N/c1-3-15-40(16-4-1)41-31-33-47(34-32-41)59(49-35-36-54(57(39-49)43-17-5-2-6-18-43)52-28-14-21-42-19-7-9-24-50(42)52)48-23-13-22-45(37-48)56-38-46-30-29-44-20-8-10-25-51(44)58(46)55-27-12-11-26-53(55)56/h1-39H. The Kier molecular flexibility index (Phi) is 8.56. The SMILES string of the molecule is c1ccc(-c2ccc(N(c3cccc(-c4cc5ccc6ccccc6c5c5ccccc45)c3)c3ccc(-c4cccc5ccccc45)c(-c4ccccc4)c3)cc2)cc1. The smallest absolute Gasteiger partial charge is 0.0468 e. The molecule has 0 N–H and O–H groups in total. The van der Waals surface area contributed by atoms with E-state index in [9.17, 15) is 0 Å². The monoisotopic (exact) mass is 749 g/mol. The molecule has 1 heteroatoms. The van der Waals surface area contributed by atoms with Crippen molar-refractivity contribution in [3.63, 3.8) is 0 Å². The summed E-state index contributed by atoms with van der Waals surface area (Å²) >= 11 is 0. The lowest BCUT2D eigenvalue weighted by Gasteiger charge is -2.28. The summed E-state index contributed by atoms with van der Waals surface area (Å²) in [5.74, 6) is 0. The number of anilines is 3. The first kappa shape index (κ1) is 34.5. The first-order valence-corrected chi connectivity index (χ1v) is 20.3. The van der Waals surface area contributed by atoms with E-state index in [0.29, 0.717) is 0 Å². The number of nitrogens with zero attached hydrogens (tertiary/aromatic N) is 1. The van der Waals surface area contributed by atoms with Gasteiger partial charge in [0.05, 0.1) is 0 Å². The highest BCUT2D eigenvalue weighted by Gasteiger charge is 2.19. The van der Waals surface area contributed by atoms with Gasteiger partial charge in [0.2, 0.25) is 0 Å². The van der Waals surface area contributed by atoms with Gasteiger partial charge >= 0.3 is 0 Å². The van der Waals surface area contributed by atoms with E-state index in [1.807, 2.05) is 0 Å². The van der Waals surface area contributed by atoms with Crippen LogP contribution in [0.2, 0.25) is 0 Å². The lowest BCUT2D eigenvalue weighted by Crippen LogP contribution is -2.10. The number of fused-ring (bicyclic) bond motifs is 6. The molecule has 0 aliphatic rings. The Labute approximate surface area is 344 Å². The Hall–Kier alpha value is -7.74. The minimum atomic E-state index is 1.09. The van der Waals surface area contributed by atoms with Crippen molar-refractivity contribution in [2.24, 2.45) is 0 Å². The van der Waals surface area contributed by atoms with Gasteiger partial charge in [-0.1, -0.05) is 194 Å². The molecule has 0 heterocycles. The van der Waals surface area contributed by atoms with Crippen molar-refractivity contribution < 1.29 is 0 Å².